The summed E-state index contributed by atoms with van der Waals surface area (Å²) in [5.74, 6) is 4.52. The van der Waals surface area contributed by atoms with Crippen LogP contribution in [0, 0.1) is 22.7 Å². The van der Waals surface area contributed by atoms with E-state index in [4.69, 9.17) is 14.2 Å². The van der Waals surface area contributed by atoms with Crippen LogP contribution in [0.15, 0.2) is 77.3 Å². The topological polar surface area (TPSA) is 27.7 Å². The number of halogens is 1. The van der Waals surface area contributed by atoms with Crippen LogP contribution >= 0.6 is 15.9 Å². The van der Waals surface area contributed by atoms with Crippen molar-refractivity contribution in [1.82, 2.24) is 0 Å². The lowest BCUT2D eigenvalue weighted by molar-refractivity contribution is 0.0881. The maximum Gasteiger partial charge on any atom is 0.126 e. The normalized spacial score (nSPS) is 22.4. The first-order valence-corrected chi connectivity index (χ1v) is 17.8. The van der Waals surface area contributed by atoms with Crippen molar-refractivity contribution in [1.29, 1.82) is 0 Å². The molecule has 3 nitrogen and oxygen atoms in total. The van der Waals surface area contributed by atoms with Crippen molar-refractivity contribution in [2.75, 3.05) is 7.11 Å². The van der Waals surface area contributed by atoms with E-state index in [1.807, 2.05) is 12.1 Å². The van der Waals surface area contributed by atoms with Crippen molar-refractivity contribution in [3.8, 4) is 17.2 Å². The molecule has 0 radical (unpaired) electrons. The first-order valence-electron chi connectivity index (χ1n) is 17.0. The van der Waals surface area contributed by atoms with Crippen LogP contribution in [0.2, 0.25) is 0 Å². The average Bonchev–Trinajstić information content (AvgIpc) is 3.01. The number of hydrogen-bond acceptors (Lipinski definition) is 3. The van der Waals surface area contributed by atoms with Crippen LogP contribution in [-0.4, -0.2) is 19.3 Å². The minimum Gasteiger partial charge on any atom is -0.496 e. The Hall–Kier alpha value is -2.72. The third-order valence-electron chi connectivity index (χ3n) is 10.2. The van der Waals surface area contributed by atoms with E-state index >= 15 is 0 Å². The Labute approximate surface area is 280 Å². The Morgan fingerprint density at radius 2 is 1.00 bits per heavy atom. The SMILES string of the molecule is CC(C)(C)C1CCC(Oc2ccc3cccc(Br)c3c2)CC1.COc1cccc2ccc(OC3CCC(C(C)(C)C)CC3)cc12. The minimum atomic E-state index is 0.348. The van der Waals surface area contributed by atoms with Crippen LogP contribution in [0.5, 0.6) is 17.2 Å². The quantitative estimate of drug-likeness (QED) is 0.211. The van der Waals surface area contributed by atoms with Gasteiger partial charge in [-0.3, -0.25) is 0 Å². The van der Waals surface area contributed by atoms with Gasteiger partial charge >= 0.3 is 0 Å². The van der Waals surface area contributed by atoms with Crippen LogP contribution in [0.1, 0.15) is 92.9 Å². The van der Waals surface area contributed by atoms with Gasteiger partial charge in [-0.1, -0.05) is 93.9 Å². The van der Waals surface area contributed by atoms with Gasteiger partial charge in [0, 0.05) is 9.86 Å². The van der Waals surface area contributed by atoms with E-state index in [0.29, 0.717) is 23.0 Å². The number of benzene rings is 4. The van der Waals surface area contributed by atoms with Crippen LogP contribution in [-0.2, 0) is 0 Å². The third-order valence-corrected chi connectivity index (χ3v) is 10.9. The van der Waals surface area contributed by atoms with E-state index in [0.717, 1.165) is 51.8 Å². The van der Waals surface area contributed by atoms with Crippen molar-refractivity contribution >= 4 is 37.5 Å². The molecular weight excluding hydrogens is 620 g/mol. The average molecular weight is 674 g/mol. The summed E-state index contributed by atoms with van der Waals surface area (Å²) in [6.45, 7) is 14.1. The summed E-state index contributed by atoms with van der Waals surface area (Å²) >= 11 is 3.63. The zero-order valence-electron chi connectivity index (χ0n) is 28.5. The lowest BCUT2D eigenvalue weighted by atomic mass is 9.72. The second-order valence-corrected chi connectivity index (χ2v) is 16.2. The molecule has 2 aliphatic carbocycles. The lowest BCUT2D eigenvalue weighted by Gasteiger charge is -2.37. The van der Waals surface area contributed by atoms with Crippen LogP contribution < -0.4 is 14.2 Å². The maximum atomic E-state index is 6.27. The molecule has 0 unspecified atom stereocenters. The van der Waals surface area contributed by atoms with E-state index in [-0.39, 0.29) is 0 Å². The van der Waals surface area contributed by atoms with Gasteiger partial charge in [-0.05, 0) is 127 Å². The van der Waals surface area contributed by atoms with E-state index in [1.165, 1.54) is 54.7 Å². The van der Waals surface area contributed by atoms with Gasteiger partial charge in [-0.25, -0.2) is 0 Å². The van der Waals surface area contributed by atoms with Crippen LogP contribution in [0.4, 0.5) is 0 Å². The summed E-state index contributed by atoms with van der Waals surface area (Å²) in [6.07, 6.45) is 10.5. The molecule has 4 aromatic rings. The highest BCUT2D eigenvalue weighted by Crippen LogP contribution is 2.40. The van der Waals surface area contributed by atoms with Gasteiger partial charge in [0.1, 0.15) is 17.2 Å². The number of ether oxygens (including phenoxy) is 3. The van der Waals surface area contributed by atoms with Gasteiger partial charge in [-0.2, -0.15) is 0 Å². The van der Waals surface area contributed by atoms with Crippen molar-refractivity contribution in [2.45, 2.75) is 105 Å². The monoisotopic (exact) mass is 672 g/mol. The Morgan fingerprint density at radius 3 is 1.47 bits per heavy atom. The third kappa shape index (κ3) is 8.76. The summed E-state index contributed by atoms with van der Waals surface area (Å²) in [7, 11) is 1.72. The maximum absolute atomic E-state index is 6.27. The fourth-order valence-electron chi connectivity index (χ4n) is 7.24. The molecule has 0 aromatic heterocycles. The van der Waals surface area contributed by atoms with Crippen molar-refractivity contribution in [3.05, 3.63) is 77.3 Å². The van der Waals surface area contributed by atoms with Crippen LogP contribution in [0.25, 0.3) is 21.5 Å². The molecule has 0 amide bonds. The lowest BCUT2D eigenvalue weighted by Crippen LogP contribution is -2.30. The first kappa shape index (κ1) is 33.6. The Balaban J connectivity index is 0.000000178. The highest BCUT2D eigenvalue weighted by molar-refractivity contribution is 9.10. The van der Waals surface area contributed by atoms with Crippen molar-refractivity contribution < 1.29 is 14.2 Å². The van der Waals surface area contributed by atoms with E-state index in [2.05, 4.69) is 118 Å². The molecule has 0 heterocycles. The van der Waals surface area contributed by atoms with Crippen molar-refractivity contribution in [3.63, 3.8) is 0 Å². The van der Waals surface area contributed by atoms with Gasteiger partial charge in [0.2, 0.25) is 0 Å². The fourth-order valence-corrected chi connectivity index (χ4v) is 7.74. The van der Waals surface area contributed by atoms with E-state index in [1.54, 1.807) is 7.11 Å². The molecule has 4 heteroatoms. The Morgan fingerprint density at radius 1 is 0.556 bits per heavy atom. The first-order chi connectivity index (χ1) is 21.4. The zero-order valence-corrected chi connectivity index (χ0v) is 30.1. The molecular formula is C41H53BrO3. The predicted molar refractivity (Wildman–Crippen MR) is 194 cm³/mol. The molecule has 2 aliphatic rings. The molecule has 0 aliphatic heterocycles. The van der Waals surface area contributed by atoms with E-state index < -0.39 is 0 Å². The molecule has 0 saturated heterocycles. The predicted octanol–water partition coefficient (Wildman–Crippen LogP) is 12.4. The smallest absolute Gasteiger partial charge is 0.126 e. The second-order valence-electron chi connectivity index (χ2n) is 15.4. The molecule has 2 saturated carbocycles. The highest BCUT2D eigenvalue weighted by Gasteiger charge is 2.31. The summed E-state index contributed by atoms with van der Waals surface area (Å²) in [6, 6.07) is 25.2. The number of hydrogen-bond donors (Lipinski definition) is 0. The molecule has 6 rings (SSSR count). The van der Waals surface area contributed by atoms with Gasteiger partial charge in [0.05, 0.1) is 19.3 Å². The molecule has 4 aromatic carbocycles. The molecule has 0 bridgehead atoms. The van der Waals surface area contributed by atoms with E-state index in [9.17, 15) is 0 Å². The molecule has 242 valence electrons. The molecule has 0 spiro atoms. The fraction of sp³-hybridized carbons (Fsp3) is 0.512. The summed E-state index contributed by atoms with van der Waals surface area (Å²) in [4.78, 5) is 0. The highest BCUT2D eigenvalue weighted by atomic mass is 79.9. The molecule has 45 heavy (non-hydrogen) atoms. The minimum absolute atomic E-state index is 0.348. The van der Waals surface area contributed by atoms with Crippen LogP contribution in [0.3, 0.4) is 0 Å². The summed E-state index contributed by atoms with van der Waals surface area (Å²) in [5.41, 5.74) is 0.847. The molecule has 2 fully saturated rings. The molecule has 0 atom stereocenters. The number of fused-ring (bicyclic) bond motifs is 2. The van der Waals surface area contributed by atoms with Gasteiger partial charge < -0.3 is 14.2 Å². The summed E-state index contributed by atoms with van der Waals surface area (Å²) < 4.78 is 19.1. The zero-order chi connectivity index (χ0) is 32.2. The number of methoxy groups -OCH3 is 1. The Kier molecular flexibility index (Phi) is 10.7. The number of rotatable bonds is 5. The van der Waals surface area contributed by atoms with Gasteiger partial charge in [0.25, 0.3) is 0 Å². The standard InChI is InChI=1S/C21H28O2.C20H25BrO/c1-21(2,3)16-9-12-17(13-10-16)23-18-11-8-15-6-5-7-20(22-4)19(15)14-18;1-20(2,3)15-8-11-16(12-9-15)22-17-10-7-14-5-4-6-19(21)18(14)13-17/h5-8,11,14,16-17H,9-10,12-13H2,1-4H3;4-7,10,13,15-16H,8-9,11-12H2,1-3H3. The largest absolute Gasteiger partial charge is 0.496 e. The Bertz CT molecular complexity index is 1550. The molecule has 0 N–H and O–H groups in total. The van der Waals surface area contributed by atoms with Gasteiger partial charge in [-0.15, -0.1) is 0 Å². The second kappa shape index (κ2) is 14.4. The van der Waals surface area contributed by atoms with Gasteiger partial charge in [0.15, 0.2) is 0 Å². The summed E-state index contributed by atoms with van der Waals surface area (Å²) in [5, 5.41) is 4.78. The van der Waals surface area contributed by atoms with Crippen molar-refractivity contribution in [2.24, 2.45) is 22.7 Å².